The highest BCUT2D eigenvalue weighted by Crippen LogP contribution is 2.20. The standard InChI is InChI=1S/C13H15NO3/c1-17-12-8-10(4-2-3-7-14)5-6-11(12)9-13(15)16/h5-6,8H,3,7,9,14H2,1H3,(H,15,16). The molecule has 0 aliphatic rings. The monoisotopic (exact) mass is 233 g/mol. The molecule has 17 heavy (non-hydrogen) atoms. The Hall–Kier alpha value is -1.99. The zero-order chi connectivity index (χ0) is 12.7. The molecule has 0 fully saturated rings. The van der Waals surface area contributed by atoms with Gasteiger partial charge in [0.25, 0.3) is 0 Å². The van der Waals surface area contributed by atoms with Crippen LogP contribution < -0.4 is 10.5 Å². The fourth-order valence-electron chi connectivity index (χ4n) is 1.37. The van der Waals surface area contributed by atoms with Crippen LogP contribution in [0.4, 0.5) is 0 Å². The lowest BCUT2D eigenvalue weighted by atomic mass is 10.1. The zero-order valence-electron chi connectivity index (χ0n) is 9.69. The second-order valence-electron chi connectivity index (χ2n) is 3.44. The minimum atomic E-state index is -0.884. The molecular weight excluding hydrogens is 218 g/mol. The van der Waals surface area contributed by atoms with Crippen LogP contribution in [0.25, 0.3) is 0 Å². The van der Waals surface area contributed by atoms with E-state index in [2.05, 4.69) is 11.8 Å². The van der Waals surface area contributed by atoms with Crippen LogP contribution in [0.1, 0.15) is 17.5 Å². The molecule has 0 aliphatic heterocycles. The maximum Gasteiger partial charge on any atom is 0.307 e. The lowest BCUT2D eigenvalue weighted by molar-refractivity contribution is -0.136. The van der Waals surface area contributed by atoms with Gasteiger partial charge >= 0.3 is 5.97 Å². The Morgan fingerprint density at radius 2 is 2.29 bits per heavy atom. The van der Waals surface area contributed by atoms with Crippen molar-refractivity contribution in [2.45, 2.75) is 12.8 Å². The summed E-state index contributed by atoms with van der Waals surface area (Å²) < 4.78 is 5.14. The molecule has 4 heteroatoms. The Balaban J connectivity index is 2.93. The molecule has 0 unspecified atom stereocenters. The van der Waals surface area contributed by atoms with E-state index in [1.165, 1.54) is 7.11 Å². The van der Waals surface area contributed by atoms with E-state index < -0.39 is 5.97 Å². The van der Waals surface area contributed by atoms with Crippen LogP contribution in [-0.2, 0) is 11.2 Å². The molecule has 0 amide bonds. The van der Waals surface area contributed by atoms with E-state index in [4.69, 9.17) is 15.6 Å². The molecule has 0 atom stereocenters. The van der Waals surface area contributed by atoms with Crippen LogP contribution in [-0.4, -0.2) is 24.7 Å². The Morgan fingerprint density at radius 1 is 1.53 bits per heavy atom. The molecule has 4 nitrogen and oxygen atoms in total. The van der Waals surface area contributed by atoms with Crippen LogP contribution >= 0.6 is 0 Å². The van der Waals surface area contributed by atoms with Gasteiger partial charge in [-0.3, -0.25) is 4.79 Å². The molecule has 0 saturated carbocycles. The molecule has 1 aromatic carbocycles. The number of aliphatic carboxylic acids is 1. The van der Waals surface area contributed by atoms with Crippen molar-refractivity contribution in [2.24, 2.45) is 5.73 Å². The van der Waals surface area contributed by atoms with Crippen LogP contribution in [0.3, 0.4) is 0 Å². The Morgan fingerprint density at radius 3 is 2.88 bits per heavy atom. The summed E-state index contributed by atoms with van der Waals surface area (Å²) in [5.74, 6) is 5.52. The van der Waals surface area contributed by atoms with Gasteiger partial charge in [-0.2, -0.15) is 0 Å². The van der Waals surface area contributed by atoms with Gasteiger partial charge in [0.15, 0.2) is 0 Å². The van der Waals surface area contributed by atoms with E-state index >= 15 is 0 Å². The Kier molecular flexibility index (Phi) is 5.05. The fourth-order valence-corrected chi connectivity index (χ4v) is 1.37. The first-order valence-electron chi connectivity index (χ1n) is 5.25. The summed E-state index contributed by atoms with van der Waals surface area (Å²) in [6, 6.07) is 5.24. The lowest BCUT2D eigenvalue weighted by Crippen LogP contribution is -2.02. The third kappa shape index (κ3) is 4.17. The van der Waals surface area contributed by atoms with Crippen LogP contribution in [0.15, 0.2) is 18.2 Å². The normalized spacial score (nSPS) is 9.29. The minimum Gasteiger partial charge on any atom is -0.496 e. The van der Waals surface area contributed by atoms with Gasteiger partial charge in [-0.05, 0) is 12.1 Å². The number of hydrogen-bond acceptors (Lipinski definition) is 3. The summed E-state index contributed by atoms with van der Waals surface area (Å²) >= 11 is 0. The van der Waals surface area contributed by atoms with E-state index in [9.17, 15) is 4.79 Å². The van der Waals surface area contributed by atoms with E-state index in [1.54, 1.807) is 18.2 Å². The Bertz CT molecular complexity index is 457. The summed E-state index contributed by atoms with van der Waals surface area (Å²) in [5, 5.41) is 8.73. The molecule has 90 valence electrons. The van der Waals surface area contributed by atoms with Gasteiger partial charge in [-0.1, -0.05) is 17.9 Å². The topological polar surface area (TPSA) is 72.5 Å². The molecule has 0 radical (unpaired) electrons. The summed E-state index contributed by atoms with van der Waals surface area (Å²) in [6.45, 7) is 0.529. The number of benzene rings is 1. The molecule has 0 spiro atoms. The average molecular weight is 233 g/mol. The second-order valence-corrected chi connectivity index (χ2v) is 3.44. The first-order chi connectivity index (χ1) is 8.17. The SMILES string of the molecule is COc1cc(C#CCCN)ccc1CC(=O)O. The predicted octanol–water partition coefficient (Wildman–Crippen LogP) is 1.02. The van der Waals surface area contributed by atoms with Crippen LogP contribution in [0.5, 0.6) is 5.75 Å². The van der Waals surface area contributed by atoms with Gasteiger partial charge in [0, 0.05) is 24.1 Å². The third-order valence-electron chi connectivity index (χ3n) is 2.13. The smallest absolute Gasteiger partial charge is 0.307 e. The van der Waals surface area contributed by atoms with Crippen molar-refractivity contribution in [1.82, 2.24) is 0 Å². The van der Waals surface area contributed by atoms with Crippen molar-refractivity contribution in [3.8, 4) is 17.6 Å². The van der Waals surface area contributed by atoms with Crippen molar-refractivity contribution >= 4 is 5.97 Å². The third-order valence-corrected chi connectivity index (χ3v) is 2.13. The van der Waals surface area contributed by atoms with Crippen molar-refractivity contribution in [3.05, 3.63) is 29.3 Å². The maximum absolute atomic E-state index is 10.6. The van der Waals surface area contributed by atoms with Gasteiger partial charge in [0.05, 0.1) is 13.5 Å². The first-order valence-corrected chi connectivity index (χ1v) is 5.25. The molecule has 0 bridgehead atoms. The molecule has 0 aliphatic carbocycles. The molecule has 0 aromatic heterocycles. The number of ether oxygens (including phenoxy) is 1. The minimum absolute atomic E-state index is 0.0559. The van der Waals surface area contributed by atoms with Crippen LogP contribution in [0, 0.1) is 11.8 Å². The van der Waals surface area contributed by atoms with Crippen molar-refractivity contribution in [2.75, 3.05) is 13.7 Å². The summed E-state index contributed by atoms with van der Waals surface area (Å²) in [6.07, 6.45) is 0.582. The number of carbonyl (C=O) groups is 1. The van der Waals surface area contributed by atoms with Gasteiger partial charge < -0.3 is 15.6 Å². The number of carboxylic acid groups (broad SMARTS) is 1. The maximum atomic E-state index is 10.6. The molecule has 0 saturated heterocycles. The largest absolute Gasteiger partial charge is 0.496 e. The lowest BCUT2D eigenvalue weighted by Gasteiger charge is -2.06. The Labute approximate surface area is 100 Å². The van der Waals surface area contributed by atoms with Gasteiger partial charge in [0.1, 0.15) is 5.75 Å². The first kappa shape index (κ1) is 13.1. The molecule has 1 aromatic rings. The number of rotatable bonds is 4. The quantitative estimate of drug-likeness (QED) is 0.762. The molecule has 3 N–H and O–H groups in total. The van der Waals surface area contributed by atoms with E-state index in [0.29, 0.717) is 24.3 Å². The molecular formula is C13H15NO3. The highest BCUT2D eigenvalue weighted by Gasteiger charge is 2.07. The summed E-state index contributed by atoms with van der Waals surface area (Å²) in [4.78, 5) is 10.6. The highest BCUT2D eigenvalue weighted by molar-refractivity contribution is 5.71. The van der Waals surface area contributed by atoms with Gasteiger partial charge in [-0.25, -0.2) is 0 Å². The van der Waals surface area contributed by atoms with Gasteiger partial charge in [0.2, 0.25) is 0 Å². The van der Waals surface area contributed by atoms with Crippen molar-refractivity contribution in [1.29, 1.82) is 0 Å². The number of nitrogens with two attached hydrogens (primary N) is 1. The van der Waals surface area contributed by atoms with Crippen LogP contribution in [0.2, 0.25) is 0 Å². The zero-order valence-corrected chi connectivity index (χ0v) is 9.69. The van der Waals surface area contributed by atoms with Crippen molar-refractivity contribution in [3.63, 3.8) is 0 Å². The average Bonchev–Trinajstić information content (AvgIpc) is 2.30. The summed E-state index contributed by atoms with van der Waals surface area (Å²) in [5.41, 5.74) is 6.77. The van der Waals surface area contributed by atoms with Gasteiger partial charge in [-0.15, -0.1) is 0 Å². The van der Waals surface area contributed by atoms with E-state index in [-0.39, 0.29) is 6.42 Å². The van der Waals surface area contributed by atoms with E-state index in [0.717, 1.165) is 5.56 Å². The number of carboxylic acids is 1. The number of hydrogen-bond donors (Lipinski definition) is 2. The van der Waals surface area contributed by atoms with Crippen molar-refractivity contribution < 1.29 is 14.6 Å². The highest BCUT2D eigenvalue weighted by atomic mass is 16.5. The second kappa shape index (κ2) is 6.56. The summed E-state index contributed by atoms with van der Waals surface area (Å²) in [7, 11) is 1.51. The molecule has 0 heterocycles. The van der Waals surface area contributed by atoms with E-state index in [1.807, 2.05) is 0 Å². The molecule has 1 rings (SSSR count). The fraction of sp³-hybridized carbons (Fsp3) is 0.308. The number of methoxy groups -OCH3 is 1. The predicted molar refractivity (Wildman–Crippen MR) is 64.9 cm³/mol.